The molecule has 0 radical (unpaired) electrons. The zero-order valence-electron chi connectivity index (χ0n) is 9.65. The molecule has 0 aliphatic carbocycles. The number of nitrogens with one attached hydrogen (secondary N) is 1. The van der Waals surface area contributed by atoms with Crippen LogP contribution in [0.2, 0.25) is 0 Å². The van der Waals surface area contributed by atoms with E-state index in [1.54, 1.807) is 0 Å². The van der Waals surface area contributed by atoms with Crippen LogP contribution in [0.5, 0.6) is 0 Å². The van der Waals surface area contributed by atoms with Crippen LogP contribution >= 0.6 is 11.3 Å². The van der Waals surface area contributed by atoms with Crippen molar-refractivity contribution in [2.75, 3.05) is 6.54 Å². The highest BCUT2D eigenvalue weighted by Gasteiger charge is 1.98. The Bertz CT molecular complexity index is 403. The van der Waals surface area contributed by atoms with E-state index in [1.165, 1.54) is 16.9 Å². The highest BCUT2D eigenvalue weighted by molar-refractivity contribution is 7.09. The molecule has 0 fully saturated rings. The van der Waals surface area contributed by atoms with Gasteiger partial charge in [-0.25, -0.2) is 0 Å². The molecule has 0 atom stereocenters. The van der Waals surface area contributed by atoms with Gasteiger partial charge < -0.3 is 9.88 Å². The third kappa shape index (κ3) is 3.22. The fraction of sp³-hybridized carbons (Fsp3) is 0.385. The number of rotatable bonds is 6. The van der Waals surface area contributed by atoms with Crippen LogP contribution in [0.15, 0.2) is 36.0 Å². The van der Waals surface area contributed by atoms with E-state index < -0.39 is 0 Å². The highest BCUT2D eigenvalue weighted by Crippen LogP contribution is 2.11. The van der Waals surface area contributed by atoms with Crippen LogP contribution in [0.3, 0.4) is 0 Å². The molecular formula is C13H18N2S. The molecule has 0 aliphatic heterocycles. The Balaban J connectivity index is 1.87. The maximum Gasteiger partial charge on any atom is 0.0563 e. The minimum atomic E-state index is 0.977. The molecule has 2 rings (SSSR count). The largest absolute Gasteiger partial charge is 0.349 e. The second-order valence-corrected chi connectivity index (χ2v) is 4.98. The lowest BCUT2D eigenvalue weighted by Gasteiger charge is -2.01. The quantitative estimate of drug-likeness (QED) is 0.760. The van der Waals surface area contributed by atoms with Crippen molar-refractivity contribution in [3.05, 3.63) is 46.4 Å². The summed E-state index contributed by atoms with van der Waals surface area (Å²) in [4.78, 5) is 1.41. The zero-order valence-corrected chi connectivity index (χ0v) is 10.5. The van der Waals surface area contributed by atoms with Crippen molar-refractivity contribution in [2.45, 2.75) is 26.4 Å². The molecule has 0 unspecified atom stereocenters. The fourth-order valence-electron chi connectivity index (χ4n) is 1.69. The molecule has 3 heteroatoms. The van der Waals surface area contributed by atoms with Crippen LogP contribution in [0.1, 0.15) is 23.8 Å². The van der Waals surface area contributed by atoms with E-state index in [4.69, 9.17) is 0 Å². The van der Waals surface area contributed by atoms with Gasteiger partial charge in [0.15, 0.2) is 0 Å². The average molecular weight is 234 g/mol. The summed E-state index contributed by atoms with van der Waals surface area (Å²) in [6.45, 7) is 5.25. The van der Waals surface area contributed by atoms with E-state index in [9.17, 15) is 0 Å². The molecule has 86 valence electrons. The van der Waals surface area contributed by atoms with Crippen LogP contribution in [-0.4, -0.2) is 11.1 Å². The van der Waals surface area contributed by atoms with Crippen molar-refractivity contribution in [1.29, 1.82) is 0 Å². The monoisotopic (exact) mass is 234 g/mol. The molecule has 2 aromatic heterocycles. The number of aromatic nitrogens is 1. The van der Waals surface area contributed by atoms with Crippen LogP contribution < -0.4 is 5.32 Å². The van der Waals surface area contributed by atoms with Gasteiger partial charge in [0.05, 0.1) is 6.54 Å². The van der Waals surface area contributed by atoms with E-state index in [-0.39, 0.29) is 0 Å². The number of hydrogen-bond donors (Lipinski definition) is 1. The summed E-state index contributed by atoms with van der Waals surface area (Å²) in [7, 11) is 0. The molecule has 16 heavy (non-hydrogen) atoms. The molecule has 0 spiro atoms. The summed E-state index contributed by atoms with van der Waals surface area (Å²) >= 11 is 1.81. The van der Waals surface area contributed by atoms with Gasteiger partial charge in [0.1, 0.15) is 0 Å². The SMILES string of the molecule is CCCNCc1ccn(Cc2cccs2)c1. The Morgan fingerprint density at radius 1 is 1.38 bits per heavy atom. The Morgan fingerprint density at radius 2 is 2.31 bits per heavy atom. The number of thiophene rings is 1. The normalized spacial score (nSPS) is 10.8. The summed E-state index contributed by atoms with van der Waals surface area (Å²) in [5, 5.41) is 5.54. The Morgan fingerprint density at radius 3 is 3.06 bits per heavy atom. The van der Waals surface area contributed by atoms with Gasteiger partial charge in [-0.3, -0.25) is 0 Å². The van der Waals surface area contributed by atoms with Crippen molar-refractivity contribution >= 4 is 11.3 Å². The highest BCUT2D eigenvalue weighted by atomic mass is 32.1. The van der Waals surface area contributed by atoms with Gasteiger partial charge in [0.2, 0.25) is 0 Å². The molecule has 0 amide bonds. The van der Waals surface area contributed by atoms with Crippen LogP contribution in [-0.2, 0) is 13.1 Å². The van der Waals surface area contributed by atoms with Crippen molar-refractivity contribution < 1.29 is 0 Å². The standard InChI is InChI=1S/C13H18N2S/c1-2-6-14-9-12-5-7-15(10-12)11-13-4-3-8-16-13/h3-5,7-8,10,14H,2,6,9,11H2,1H3. The first-order valence-corrected chi connectivity index (χ1v) is 6.64. The molecule has 2 nitrogen and oxygen atoms in total. The van der Waals surface area contributed by atoms with Crippen LogP contribution in [0.4, 0.5) is 0 Å². The molecule has 0 aromatic carbocycles. The second-order valence-electron chi connectivity index (χ2n) is 3.95. The lowest BCUT2D eigenvalue weighted by molar-refractivity contribution is 0.673. The summed E-state index contributed by atoms with van der Waals surface area (Å²) in [5.41, 5.74) is 1.37. The van der Waals surface area contributed by atoms with Crippen LogP contribution in [0.25, 0.3) is 0 Å². The number of nitrogens with zero attached hydrogens (tertiary/aromatic N) is 1. The van der Waals surface area contributed by atoms with Crippen molar-refractivity contribution in [2.24, 2.45) is 0 Å². The van der Waals surface area contributed by atoms with Crippen LogP contribution in [0, 0.1) is 0 Å². The summed E-state index contributed by atoms with van der Waals surface area (Å²) < 4.78 is 2.24. The second kappa shape index (κ2) is 5.87. The lowest BCUT2D eigenvalue weighted by atomic mass is 10.3. The van der Waals surface area contributed by atoms with Gasteiger partial charge in [-0.05, 0) is 36.0 Å². The molecule has 0 saturated carbocycles. The molecular weight excluding hydrogens is 216 g/mol. The average Bonchev–Trinajstić information content (AvgIpc) is 2.91. The predicted octanol–water partition coefficient (Wildman–Crippen LogP) is 3.10. The van der Waals surface area contributed by atoms with E-state index in [1.807, 2.05) is 11.3 Å². The third-order valence-corrected chi connectivity index (χ3v) is 3.35. The Hall–Kier alpha value is -1.06. The first-order valence-electron chi connectivity index (χ1n) is 5.76. The Labute approximate surface area is 101 Å². The minimum Gasteiger partial charge on any atom is -0.349 e. The van der Waals surface area contributed by atoms with Gasteiger partial charge in [0.25, 0.3) is 0 Å². The van der Waals surface area contributed by atoms with E-state index in [0.29, 0.717) is 0 Å². The number of hydrogen-bond acceptors (Lipinski definition) is 2. The molecule has 0 bridgehead atoms. The summed E-state index contributed by atoms with van der Waals surface area (Å²) in [6, 6.07) is 6.48. The van der Waals surface area contributed by atoms with Crippen molar-refractivity contribution in [3.8, 4) is 0 Å². The maximum absolute atomic E-state index is 3.41. The van der Waals surface area contributed by atoms with E-state index >= 15 is 0 Å². The summed E-state index contributed by atoms with van der Waals surface area (Å²) in [5.74, 6) is 0. The zero-order chi connectivity index (χ0) is 11.2. The lowest BCUT2D eigenvalue weighted by Crippen LogP contribution is -2.13. The maximum atomic E-state index is 3.41. The first kappa shape index (κ1) is 11.4. The molecule has 2 heterocycles. The fourth-order valence-corrected chi connectivity index (χ4v) is 2.40. The van der Waals surface area contributed by atoms with Gasteiger partial charge in [-0.2, -0.15) is 0 Å². The van der Waals surface area contributed by atoms with Gasteiger partial charge >= 0.3 is 0 Å². The van der Waals surface area contributed by atoms with Gasteiger partial charge in [-0.15, -0.1) is 11.3 Å². The molecule has 1 N–H and O–H groups in total. The third-order valence-electron chi connectivity index (χ3n) is 2.49. The summed E-state index contributed by atoms with van der Waals surface area (Å²) in [6.07, 6.45) is 5.57. The van der Waals surface area contributed by atoms with Gasteiger partial charge in [-0.1, -0.05) is 13.0 Å². The van der Waals surface area contributed by atoms with E-state index in [0.717, 1.165) is 19.6 Å². The first-order chi connectivity index (χ1) is 7.88. The van der Waals surface area contributed by atoms with Crippen molar-refractivity contribution in [3.63, 3.8) is 0 Å². The molecule has 0 saturated heterocycles. The topological polar surface area (TPSA) is 17.0 Å². The minimum absolute atomic E-state index is 0.977. The Kier molecular flexibility index (Phi) is 4.19. The molecule has 2 aromatic rings. The van der Waals surface area contributed by atoms with E-state index in [2.05, 4.69) is 52.8 Å². The predicted molar refractivity (Wildman–Crippen MR) is 69.9 cm³/mol. The van der Waals surface area contributed by atoms with Gasteiger partial charge in [0, 0.05) is 23.8 Å². The van der Waals surface area contributed by atoms with Crippen molar-refractivity contribution in [1.82, 2.24) is 9.88 Å². The molecule has 0 aliphatic rings. The smallest absolute Gasteiger partial charge is 0.0563 e.